The molecular formula is C10H12ClF3N2O2. The Hall–Kier alpha value is -1.34. The summed E-state index contributed by atoms with van der Waals surface area (Å²) in [5, 5.41) is 10.6. The molecule has 0 saturated heterocycles. The molecule has 0 saturated carbocycles. The smallest absolute Gasteiger partial charge is 0.324 e. The Labute approximate surface area is 108 Å². The van der Waals surface area contributed by atoms with E-state index in [-0.39, 0.29) is 23.7 Å². The quantitative estimate of drug-likeness (QED) is 0.684. The highest BCUT2D eigenvalue weighted by Crippen LogP contribution is 2.30. The normalized spacial score (nSPS) is 12.7. The third kappa shape index (κ3) is 4.50. The molecular weight excluding hydrogens is 273 g/mol. The maximum atomic E-state index is 12.1. The zero-order chi connectivity index (χ0) is 13.2. The first-order valence-corrected chi connectivity index (χ1v) is 4.78. The van der Waals surface area contributed by atoms with Gasteiger partial charge in [0.2, 0.25) is 0 Å². The van der Waals surface area contributed by atoms with Crippen molar-refractivity contribution in [3.05, 3.63) is 39.4 Å². The van der Waals surface area contributed by atoms with Gasteiger partial charge in [-0.3, -0.25) is 10.1 Å². The summed E-state index contributed by atoms with van der Waals surface area (Å²) < 4.78 is 36.3. The molecule has 1 rings (SSSR count). The number of hydrogen-bond acceptors (Lipinski definition) is 3. The fourth-order valence-electron chi connectivity index (χ4n) is 1.42. The van der Waals surface area contributed by atoms with Crippen LogP contribution in [0.1, 0.15) is 23.6 Å². The minimum absolute atomic E-state index is 0. The van der Waals surface area contributed by atoms with E-state index < -0.39 is 23.6 Å². The van der Waals surface area contributed by atoms with E-state index in [4.69, 9.17) is 5.73 Å². The number of nitro benzene ring substituents is 1. The summed E-state index contributed by atoms with van der Waals surface area (Å²) in [4.78, 5) is 9.98. The van der Waals surface area contributed by atoms with Gasteiger partial charge in [0.25, 0.3) is 5.69 Å². The average Bonchev–Trinajstić information content (AvgIpc) is 2.14. The standard InChI is InChI=1S/C10H11F3N2O2.ClH/c1-6-2-3-7(4-9(6)15(16)17)8(14)5-10(11,12)13;/h2-4,8H,5,14H2,1H3;1H/t8-;/m0./s1. The molecule has 0 aliphatic heterocycles. The van der Waals surface area contributed by atoms with Crippen LogP contribution < -0.4 is 5.73 Å². The van der Waals surface area contributed by atoms with Crippen LogP contribution in [0.5, 0.6) is 0 Å². The number of nitrogens with zero attached hydrogens (tertiary/aromatic N) is 1. The SMILES string of the molecule is Cc1ccc([C@@H](N)CC(F)(F)F)cc1[N+](=O)[O-].Cl. The molecule has 2 N–H and O–H groups in total. The molecule has 0 amide bonds. The highest BCUT2D eigenvalue weighted by molar-refractivity contribution is 5.85. The summed E-state index contributed by atoms with van der Waals surface area (Å²) in [6.45, 7) is 1.51. The Morgan fingerprint density at radius 2 is 2.00 bits per heavy atom. The molecule has 102 valence electrons. The predicted molar refractivity (Wildman–Crippen MR) is 62.7 cm³/mol. The van der Waals surface area contributed by atoms with Gasteiger partial charge in [-0.05, 0) is 12.5 Å². The highest BCUT2D eigenvalue weighted by Gasteiger charge is 2.31. The van der Waals surface area contributed by atoms with Crippen molar-refractivity contribution in [3.63, 3.8) is 0 Å². The molecule has 0 aliphatic rings. The molecule has 8 heteroatoms. The number of rotatable bonds is 3. The van der Waals surface area contributed by atoms with E-state index in [0.29, 0.717) is 5.56 Å². The van der Waals surface area contributed by atoms with E-state index in [1.54, 1.807) is 0 Å². The van der Waals surface area contributed by atoms with Crippen LogP contribution in [0.15, 0.2) is 18.2 Å². The number of alkyl halides is 3. The lowest BCUT2D eigenvalue weighted by molar-refractivity contribution is -0.385. The van der Waals surface area contributed by atoms with Gasteiger partial charge >= 0.3 is 6.18 Å². The van der Waals surface area contributed by atoms with Crippen LogP contribution in [0.4, 0.5) is 18.9 Å². The monoisotopic (exact) mass is 284 g/mol. The molecule has 0 bridgehead atoms. The van der Waals surface area contributed by atoms with Crippen LogP contribution >= 0.6 is 12.4 Å². The summed E-state index contributed by atoms with van der Waals surface area (Å²) >= 11 is 0. The van der Waals surface area contributed by atoms with Gasteiger partial charge in [-0.15, -0.1) is 12.4 Å². The molecule has 1 atom stereocenters. The number of nitrogens with two attached hydrogens (primary N) is 1. The fourth-order valence-corrected chi connectivity index (χ4v) is 1.42. The summed E-state index contributed by atoms with van der Waals surface area (Å²) in [7, 11) is 0. The lowest BCUT2D eigenvalue weighted by Crippen LogP contribution is -2.20. The van der Waals surface area contributed by atoms with Crippen molar-refractivity contribution in [2.75, 3.05) is 0 Å². The van der Waals surface area contributed by atoms with Crippen molar-refractivity contribution in [3.8, 4) is 0 Å². The summed E-state index contributed by atoms with van der Waals surface area (Å²) in [5.74, 6) is 0. The van der Waals surface area contributed by atoms with Gasteiger partial charge in [0, 0.05) is 17.7 Å². The first kappa shape index (κ1) is 16.7. The summed E-state index contributed by atoms with van der Waals surface area (Å²) in [5.41, 5.74) is 5.63. The minimum atomic E-state index is -4.39. The third-order valence-corrected chi connectivity index (χ3v) is 2.31. The van der Waals surface area contributed by atoms with Crippen LogP contribution in [-0.2, 0) is 0 Å². The molecule has 4 nitrogen and oxygen atoms in total. The summed E-state index contributed by atoms with van der Waals surface area (Å²) in [6.07, 6.45) is -5.59. The topological polar surface area (TPSA) is 69.2 Å². The molecule has 1 aromatic carbocycles. The van der Waals surface area contributed by atoms with Gasteiger partial charge in [0.1, 0.15) is 0 Å². The van der Waals surface area contributed by atoms with Gasteiger partial charge < -0.3 is 5.73 Å². The maximum absolute atomic E-state index is 12.1. The second-order valence-corrected chi connectivity index (χ2v) is 3.73. The van der Waals surface area contributed by atoms with E-state index in [9.17, 15) is 23.3 Å². The number of halogens is 4. The van der Waals surface area contributed by atoms with Gasteiger partial charge in [0.15, 0.2) is 0 Å². The lowest BCUT2D eigenvalue weighted by Gasteiger charge is -2.14. The molecule has 0 fully saturated rings. The van der Waals surface area contributed by atoms with Crippen molar-refractivity contribution in [1.82, 2.24) is 0 Å². The summed E-state index contributed by atoms with van der Waals surface area (Å²) in [6, 6.07) is 2.57. The van der Waals surface area contributed by atoms with Crippen molar-refractivity contribution in [1.29, 1.82) is 0 Å². The van der Waals surface area contributed by atoms with Gasteiger partial charge in [-0.25, -0.2) is 0 Å². The Bertz CT molecular complexity index is 438. The van der Waals surface area contributed by atoms with E-state index in [1.165, 1.54) is 19.1 Å². The van der Waals surface area contributed by atoms with Crippen molar-refractivity contribution >= 4 is 18.1 Å². The van der Waals surface area contributed by atoms with E-state index >= 15 is 0 Å². The van der Waals surface area contributed by atoms with Crippen LogP contribution in [0, 0.1) is 17.0 Å². The molecule has 0 unspecified atom stereocenters. The van der Waals surface area contributed by atoms with Crippen molar-refractivity contribution < 1.29 is 18.1 Å². The molecule has 0 radical (unpaired) electrons. The molecule has 0 aliphatic carbocycles. The van der Waals surface area contributed by atoms with E-state index in [0.717, 1.165) is 6.07 Å². The zero-order valence-corrected chi connectivity index (χ0v) is 10.2. The van der Waals surface area contributed by atoms with Crippen LogP contribution in [0.3, 0.4) is 0 Å². The number of hydrogen-bond donors (Lipinski definition) is 1. The minimum Gasteiger partial charge on any atom is -0.324 e. The van der Waals surface area contributed by atoms with Crippen molar-refractivity contribution in [2.45, 2.75) is 25.6 Å². The first-order chi connectivity index (χ1) is 7.70. The van der Waals surface area contributed by atoms with Gasteiger partial charge in [-0.2, -0.15) is 13.2 Å². The average molecular weight is 285 g/mol. The van der Waals surface area contributed by atoms with Crippen molar-refractivity contribution in [2.24, 2.45) is 5.73 Å². The van der Waals surface area contributed by atoms with Crippen LogP contribution in [0.25, 0.3) is 0 Å². The van der Waals surface area contributed by atoms with Gasteiger partial charge in [-0.1, -0.05) is 12.1 Å². The predicted octanol–water partition coefficient (Wildman–Crippen LogP) is 3.28. The van der Waals surface area contributed by atoms with Crippen LogP contribution in [0.2, 0.25) is 0 Å². The third-order valence-electron chi connectivity index (χ3n) is 2.31. The first-order valence-electron chi connectivity index (χ1n) is 4.78. The second-order valence-electron chi connectivity index (χ2n) is 3.73. The molecule has 0 heterocycles. The number of aryl methyl sites for hydroxylation is 1. The molecule has 1 aromatic rings. The zero-order valence-electron chi connectivity index (χ0n) is 9.40. The Morgan fingerprint density at radius 1 is 1.44 bits per heavy atom. The molecule has 0 spiro atoms. The number of benzene rings is 1. The largest absolute Gasteiger partial charge is 0.390 e. The van der Waals surface area contributed by atoms with Gasteiger partial charge in [0.05, 0.1) is 11.3 Å². The Morgan fingerprint density at radius 3 is 2.44 bits per heavy atom. The van der Waals surface area contributed by atoms with E-state index in [1.807, 2.05) is 0 Å². The molecule has 18 heavy (non-hydrogen) atoms. The second kappa shape index (κ2) is 6.01. The highest BCUT2D eigenvalue weighted by atomic mass is 35.5. The molecule has 0 aromatic heterocycles. The Kier molecular flexibility index (Phi) is 5.56. The number of nitro groups is 1. The van der Waals surface area contributed by atoms with Crippen LogP contribution in [-0.4, -0.2) is 11.1 Å². The maximum Gasteiger partial charge on any atom is 0.390 e. The lowest BCUT2D eigenvalue weighted by atomic mass is 10.0. The Balaban J connectivity index is 0.00000289. The van der Waals surface area contributed by atoms with E-state index in [2.05, 4.69) is 0 Å². The fraction of sp³-hybridized carbons (Fsp3) is 0.400.